The number of benzene rings is 1. The van der Waals surface area contributed by atoms with E-state index < -0.39 is 42.2 Å². The molecule has 2 aliphatic rings. The lowest BCUT2D eigenvalue weighted by Crippen LogP contribution is -2.43. The molecule has 9 nitrogen and oxygen atoms in total. The summed E-state index contributed by atoms with van der Waals surface area (Å²) in [5.41, 5.74) is 0.547. The Morgan fingerprint density at radius 3 is 2.64 bits per heavy atom. The van der Waals surface area contributed by atoms with E-state index in [0.717, 1.165) is 9.80 Å². The molecular weight excluding hydrogens is 330 g/mol. The van der Waals surface area contributed by atoms with Crippen LogP contribution in [-0.4, -0.2) is 60.2 Å². The van der Waals surface area contributed by atoms with Crippen molar-refractivity contribution in [2.45, 2.75) is 13.0 Å². The molecule has 0 spiro atoms. The van der Waals surface area contributed by atoms with E-state index in [9.17, 15) is 24.0 Å². The number of urea groups is 1. The Balaban J connectivity index is 1.65. The van der Waals surface area contributed by atoms with E-state index in [2.05, 4.69) is 5.32 Å². The van der Waals surface area contributed by atoms with Gasteiger partial charge in [-0.15, -0.1) is 0 Å². The van der Waals surface area contributed by atoms with Gasteiger partial charge in [0.2, 0.25) is 0 Å². The SMILES string of the molecule is C[C@@H](OC(=O)CN1C(=O)C(=O)c2ccccc21)C(=O)N1CCNC1=O. The number of rotatable bonds is 4. The average molecular weight is 345 g/mol. The number of carbonyl (C=O) groups excluding carboxylic acids is 5. The number of hydrogen-bond donors (Lipinski definition) is 1. The van der Waals surface area contributed by atoms with E-state index in [4.69, 9.17) is 4.74 Å². The lowest BCUT2D eigenvalue weighted by atomic mass is 10.1. The molecule has 0 saturated carbocycles. The minimum absolute atomic E-state index is 0.200. The highest BCUT2D eigenvalue weighted by molar-refractivity contribution is 6.52. The number of nitrogens with one attached hydrogen (secondary N) is 1. The lowest BCUT2D eigenvalue weighted by molar-refractivity contribution is -0.156. The van der Waals surface area contributed by atoms with E-state index in [1.54, 1.807) is 18.2 Å². The maximum absolute atomic E-state index is 12.1. The number of Topliss-reactive ketones (excluding diaryl/α,β-unsaturated/α-hetero) is 1. The van der Waals surface area contributed by atoms with Crippen molar-refractivity contribution in [3.63, 3.8) is 0 Å². The summed E-state index contributed by atoms with van der Waals surface area (Å²) in [4.78, 5) is 61.5. The Morgan fingerprint density at radius 1 is 1.24 bits per heavy atom. The lowest BCUT2D eigenvalue weighted by Gasteiger charge is -2.20. The van der Waals surface area contributed by atoms with Gasteiger partial charge in [-0.1, -0.05) is 12.1 Å². The predicted molar refractivity (Wildman–Crippen MR) is 83.8 cm³/mol. The van der Waals surface area contributed by atoms with Gasteiger partial charge in [0.05, 0.1) is 11.3 Å². The number of hydrogen-bond acceptors (Lipinski definition) is 6. The Morgan fingerprint density at radius 2 is 1.96 bits per heavy atom. The van der Waals surface area contributed by atoms with Crippen LogP contribution in [0.1, 0.15) is 17.3 Å². The molecule has 1 aromatic rings. The van der Waals surface area contributed by atoms with E-state index in [1.165, 1.54) is 13.0 Å². The number of esters is 1. The van der Waals surface area contributed by atoms with Gasteiger partial charge in [0.1, 0.15) is 6.54 Å². The van der Waals surface area contributed by atoms with Crippen molar-refractivity contribution in [3.8, 4) is 0 Å². The topological polar surface area (TPSA) is 113 Å². The summed E-state index contributed by atoms with van der Waals surface area (Å²) in [6.07, 6.45) is -1.18. The summed E-state index contributed by atoms with van der Waals surface area (Å²) in [5, 5.41) is 2.47. The highest BCUT2D eigenvalue weighted by Gasteiger charge is 2.38. The Kier molecular flexibility index (Phi) is 4.22. The molecule has 25 heavy (non-hydrogen) atoms. The second kappa shape index (κ2) is 6.34. The second-order valence-electron chi connectivity index (χ2n) is 5.59. The molecule has 0 aliphatic carbocycles. The van der Waals surface area contributed by atoms with E-state index >= 15 is 0 Å². The van der Waals surface area contributed by atoms with Crippen molar-refractivity contribution in [1.82, 2.24) is 10.2 Å². The summed E-state index contributed by atoms with van der Waals surface area (Å²) < 4.78 is 5.02. The number of para-hydroxylation sites is 1. The van der Waals surface area contributed by atoms with Crippen LogP contribution in [-0.2, 0) is 19.1 Å². The molecule has 130 valence electrons. The molecule has 0 bridgehead atoms. The second-order valence-corrected chi connectivity index (χ2v) is 5.59. The molecule has 1 aromatic carbocycles. The monoisotopic (exact) mass is 345 g/mol. The molecular formula is C16H15N3O6. The van der Waals surface area contributed by atoms with Crippen LogP contribution in [0.4, 0.5) is 10.5 Å². The van der Waals surface area contributed by atoms with Crippen LogP contribution in [0.15, 0.2) is 24.3 Å². The van der Waals surface area contributed by atoms with Gasteiger partial charge in [-0.05, 0) is 19.1 Å². The van der Waals surface area contributed by atoms with Crippen LogP contribution in [0.25, 0.3) is 0 Å². The summed E-state index contributed by atoms with van der Waals surface area (Å²) in [7, 11) is 0. The first-order chi connectivity index (χ1) is 11.9. The van der Waals surface area contributed by atoms with Crippen LogP contribution < -0.4 is 10.2 Å². The average Bonchev–Trinajstić information content (AvgIpc) is 3.12. The molecule has 2 heterocycles. The maximum Gasteiger partial charge on any atom is 0.326 e. The van der Waals surface area contributed by atoms with Crippen molar-refractivity contribution in [1.29, 1.82) is 0 Å². The standard InChI is InChI=1S/C16H15N3O6/c1-9(14(22)18-7-6-17-16(18)24)25-12(20)8-19-11-5-3-2-4-10(11)13(21)15(19)23/h2-5,9H,6-8H2,1H3,(H,17,24)/t9-/m1/s1. The fourth-order valence-corrected chi connectivity index (χ4v) is 2.72. The zero-order valence-corrected chi connectivity index (χ0v) is 13.4. The normalized spacial score (nSPS) is 17.4. The van der Waals surface area contributed by atoms with E-state index in [0.29, 0.717) is 12.2 Å². The summed E-state index contributed by atoms with van der Waals surface area (Å²) in [5.74, 6) is -3.01. The minimum atomic E-state index is -1.18. The fraction of sp³-hybridized carbons (Fsp3) is 0.312. The van der Waals surface area contributed by atoms with Gasteiger partial charge >= 0.3 is 12.0 Å². The van der Waals surface area contributed by atoms with Crippen molar-refractivity contribution in [2.75, 3.05) is 24.5 Å². The predicted octanol–water partition coefficient (Wildman–Crippen LogP) is -0.301. The van der Waals surface area contributed by atoms with Gasteiger partial charge in [0.25, 0.3) is 17.6 Å². The van der Waals surface area contributed by atoms with Crippen LogP contribution >= 0.6 is 0 Å². The zero-order chi connectivity index (χ0) is 18.1. The molecule has 3 rings (SSSR count). The van der Waals surface area contributed by atoms with Crippen LogP contribution in [0, 0.1) is 0 Å². The molecule has 0 aromatic heterocycles. The van der Waals surface area contributed by atoms with Gasteiger partial charge in [0, 0.05) is 13.1 Å². The van der Waals surface area contributed by atoms with Gasteiger partial charge in [-0.2, -0.15) is 0 Å². The number of imide groups is 1. The number of amides is 4. The van der Waals surface area contributed by atoms with Gasteiger partial charge in [-0.3, -0.25) is 29.0 Å². The highest BCUT2D eigenvalue weighted by Crippen LogP contribution is 2.28. The smallest absolute Gasteiger partial charge is 0.326 e. The summed E-state index contributed by atoms with van der Waals surface area (Å²) >= 11 is 0. The van der Waals surface area contributed by atoms with Crippen LogP contribution in [0.2, 0.25) is 0 Å². The molecule has 1 N–H and O–H groups in total. The van der Waals surface area contributed by atoms with Crippen LogP contribution in [0.3, 0.4) is 0 Å². The quantitative estimate of drug-likeness (QED) is 0.592. The molecule has 4 amide bonds. The molecule has 9 heteroatoms. The summed E-state index contributed by atoms with van der Waals surface area (Å²) in [6, 6.07) is 5.77. The van der Waals surface area contributed by atoms with Crippen molar-refractivity contribution >= 4 is 35.3 Å². The first-order valence-electron chi connectivity index (χ1n) is 7.64. The van der Waals surface area contributed by atoms with Gasteiger partial charge in [0.15, 0.2) is 6.10 Å². The number of fused-ring (bicyclic) bond motifs is 1. The molecule has 2 aliphatic heterocycles. The third-order valence-corrected chi connectivity index (χ3v) is 3.94. The highest BCUT2D eigenvalue weighted by atomic mass is 16.5. The molecule has 1 fully saturated rings. The van der Waals surface area contributed by atoms with Crippen molar-refractivity contribution < 1.29 is 28.7 Å². The Hall–Kier alpha value is -3.23. The third-order valence-electron chi connectivity index (χ3n) is 3.94. The van der Waals surface area contributed by atoms with Gasteiger partial charge in [-0.25, -0.2) is 4.79 Å². The summed E-state index contributed by atoms with van der Waals surface area (Å²) in [6.45, 7) is 1.39. The number of ketones is 1. The number of ether oxygens (including phenoxy) is 1. The fourth-order valence-electron chi connectivity index (χ4n) is 2.72. The third kappa shape index (κ3) is 2.95. The zero-order valence-electron chi connectivity index (χ0n) is 13.4. The molecule has 1 saturated heterocycles. The largest absolute Gasteiger partial charge is 0.451 e. The van der Waals surface area contributed by atoms with Gasteiger partial charge < -0.3 is 10.1 Å². The van der Waals surface area contributed by atoms with E-state index in [1.807, 2.05) is 0 Å². The van der Waals surface area contributed by atoms with Crippen molar-refractivity contribution in [2.24, 2.45) is 0 Å². The first kappa shape index (κ1) is 16.6. The number of carbonyl (C=O) groups is 5. The number of anilines is 1. The number of nitrogens with zero attached hydrogens (tertiary/aromatic N) is 2. The van der Waals surface area contributed by atoms with Crippen molar-refractivity contribution in [3.05, 3.63) is 29.8 Å². The Labute approximate surface area is 142 Å². The molecule has 1 atom stereocenters. The first-order valence-corrected chi connectivity index (χ1v) is 7.64. The van der Waals surface area contributed by atoms with Crippen LogP contribution in [0.5, 0.6) is 0 Å². The van der Waals surface area contributed by atoms with E-state index in [-0.39, 0.29) is 12.1 Å². The maximum atomic E-state index is 12.1. The molecule has 0 unspecified atom stereocenters. The Bertz CT molecular complexity index is 790. The molecule has 0 radical (unpaired) electrons. The minimum Gasteiger partial charge on any atom is -0.451 e.